The van der Waals surface area contributed by atoms with Crippen LogP contribution in [0, 0.1) is 11.7 Å². The molecule has 0 radical (unpaired) electrons. The van der Waals surface area contributed by atoms with Gasteiger partial charge in [-0.3, -0.25) is 4.79 Å². The lowest BCUT2D eigenvalue weighted by Crippen LogP contribution is -2.30. The van der Waals surface area contributed by atoms with Gasteiger partial charge in [0.15, 0.2) is 5.69 Å². The Morgan fingerprint density at radius 2 is 1.90 bits per heavy atom. The van der Waals surface area contributed by atoms with Crippen LogP contribution in [0.5, 0.6) is 0 Å². The Labute approximate surface area is 167 Å². The molecule has 4 rings (SSSR count). The summed E-state index contributed by atoms with van der Waals surface area (Å²) in [6.07, 6.45) is 2.42. The molecule has 0 spiro atoms. The van der Waals surface area contributed by atoms with E-state index in [2.05, 4.69) is 34.2 Å². The first-order valence-corrected chi connectivity index (χ1v) is 9.57. The van der Waals surface area contributed by atoms with E-state index in [1.807, 2.05) is 24.3 Å². The van der Waals surface area contributed by atoms with Gasteiger partial charge in [0, 0.05) is 6.20 Å². The molecule has 0 aliphatic carbocycles. The zero-order valence-electron chi connectivity index (χ0n) is 16.3. The summed E-state index contributed by atoms with van der Waals surface area (Å²) in [6.45, 7) is 4.20. The number of H-pyrrole nitrogens is 1. The highest BCUT2D eigenvalue weighted by molar-refractivity contribution is 5.92. The lowest BCUT2D eigenvalue weighted by atomic mass is 10.0. The number of para-hydroxylation sites is 2. The molecular formula is C22H22FN5O. The van der Waals surface area contributed by atoms with Crippen LogP contribution < -0.4 is 5.32 Å². The normalized spacial score (nSPS) is 12.4. The molecule has 2 aromatic carbocycles. The SMILES string of the molecule is CC(C)CC(NC(=O)c1ccn(-c2ccc(F)cc2)n1)c1nc2ccccc2[nH]1. The van der Waals surface area contributed by atoms with Crippen LogP contribution in [0.2, 0.25) is 0 Å². The fraction of sp³-hybridized carbons (Fsp3) is 0.227. The van der Waals surface area contributed by atoms with Crippen molar-refractivity contribution in [3.63, 3.8) is 0 Å². The highest BCUT2D eigenvalue weighted by atomic mass is 19.1. The Balaban J connectivity index is 1.56. The van der Waals surface area contributed by atoms with Crippen LogP contribution in [-0.2, 0) is 0 Å². The summed E-state index contributed by atoms with van der Waals surface area (Å²) in [5, 5.41) is 7.38. The molecule has 0 saturated carbocycles. The van der Waals surface area contributed by atoms with Crippen molar-refractivity contribution in [3.05, 3.63) is 78.1 Å². The maximum Gasteiger partial charge on any atom is 0.272 e. The van der Waals surface area contributed by atoms with Gasteiger partial charge in [-0.2, -0.15) is 5.10 Å². The van der Waals surface area contributed by atoms with Crippen LogP contribution in [0.1, 0.15) is 42.6 Å². The van der Waals surface area contributed by atoms with E-state index in [-0.39, 0.29) is 17.8 Å². The molecule has 0 aliphatic heterocycles. The van der Waals surface area contributed by atoms with E-state index in [1.165, 1.54) is 12.1 Å². The van der Waals surface area contributed by atoms with Gasteiger partial charge in [-0.1, -0.05) is 26.0 Å². The van der Waals surface area contributed by atoms with Gasteiger partial charge in [-0.05, 0) is 54.8 Å². The van der Waals surface area contributed by atoms with Crippen LogP contribution in [0.25, 0.3) is 16.7 Å². The number of nitrogens with zero attached hydrogens (tertiary/aromatic N) is 3. The first-order valence-electron chi connectivity index (χ1n) is 9.57. The van der Waals surface area contributed by atoms with Gasteiger partial charge in [0.1, 0.15) is 11.6 Å². The van der Waals surface area contributed by atoms with Gasteiger partial charge < -0.3 is 10.3 Å². The molecule has 2 aromatic heterocycles. The second-order valence-corrected chi connectivity index (χ2v) is 7.42. The van der Waals surface area contributed by atoms with Crippen molar-refractivity contribution in [2.45, 2.75) is 26.3 Å². The number of aromatic nitrogens is 4. The van der Waals surface area contributed by atoms with Gasteiger partial charge in [-0.15, -0.1) is 0 Å². The van der Waals surface area contributed by atoms with Gasteiger partial charge >= 0.3 is 0 Å². The minimum Gasteiger partial charge on any atom is -0.341 e. The first kappa shape index (κ1) is 18.9. The number of benzene rings is 2. The summed E-state index contributed by atoms with van der Waals surface area (Å²) in [6, 6.07) is 15.1. The minimum atomic E-state index is -0.318. The number of rotatable bonds is 6. The number of halogens is 1. The molecule has 0 fully saturated rings. The van der Waals surface area contributed by atoms with E-state index in [0.29, 0.717) is 17.3 Å². The molecule has 2 heterocycles. The van der Waals surface area contributed by atoms with Gasteiger partial charge in [0.05, 0.1) is 22.8 Å². The van der Waals surface area contributed by atoms with Crippen molar-refractivity contribution < 1.29 is 9.18 Å². The van der Waals surface area contributed by atoms with Crippen molar-refractivity contribution in [1.82, 2.24) is 25.1 Å². The second-order valence-electron chi connectivity index (χ2n) is 7.42. The number of aromatic amines is 1. The quantitative estimate of drug-likeness (QED) is 0.511. The summed E-state index contributed by atoms with van der Waals surface area (Å²) in [4.78, 5) is 20.8. The van der Waals surface area contributed by atoms with Crippen molar-refractivity contribution in [3.8, 4) is 5.69 Å². The third-order valence-corrected chi connectivity index (χ3v) is 4.66. The summed E-state index contributed by atoms with van der Waals surface area (Å²) < 4.78 is 14.7. The fourth-order valence-corrected chi connectivity index (χ4v) is 3.26. The molecule has 29 heavy (non-hydrogen) atoms. The highest BCUT2D eigenvalue weighted by Crippen LogP contribution is 2.22. The zero-order valence-corrected chi connectivity index (χ0v) is 16.3. The number of hydrogen-bond donors (Lipinski definition) is 2. The molecule has 0 saturated heterocycles. The molecule has 0 aliphatic rings. The lowest BCUT2D eigenvalue weighted by molar-refractivity contribution is 0.0924. The van der Waals surface area contributed by atoms with Crippen molar-refractivity contribution >= 4 is 16.9 Å². The number of nitrogens with one attached hydrogen (secondary N) is 2. The number of hydrogen-bond acceptors (Lipinski definition) is 3. The van der Waals surface area contributed by atoms with E-state index in [9.17, 15) is 9.18 Å². The molecule has 7 heteroatoms. The predicted molar refractivity (Wildman–Crippen MR) is 109 cm³/mol. The van der Waals surface area contributed by atoms with Crippen molar-refractivity contribution in [1.29, 1.82) is 0 Å². The molecule has 1 amide bonds. The standard InChI is InChI=1S/C22H22FN5O/c1-14(2)13-20(21-24-17-5-3-4-6-18(17)25-21)26-22(29)19-11-12-28(27-19)16-9-7-15(23)8-10-16/h3-12,14,20H,13H2,1-2H3,(H,24,25)(H,26,29). The monoisotopic (exact) mass is 391 g/mol. The summed E-state index contributed by atoms with van der Waals surface area (Å²) in [5.74, 6) is 0.495. The third kappa shape index (κ3) is 4.18. The zero-order chi connectivity index (χ0) is 20.4. The molecule has 2 N–H and O–H groups in total. The van der Waals surface area contributed by atoms with Crippen LogP contribution in [0.15, 0.2) is 60.8 Å². The molecule has 148 valence electrons. The Morgan fingerprint density at radius 3 is 2.62 bits per heavy atom. The summed E-state index contributed by atoms with van der Waals surface area (Å²) in [5.41, 5.74) is 2.78. The average Bonchev–Trinajstić information content (AvgIpc) is 3.35. The molecular weight excluding hydrogens is 369 g/mol. The summed E-state index contributed by atoms with van der Waals surface area (Å²) >= 11 is 0. The largest absolute Gasteiger partial charge is 0.341 e. The molecule has 6 nitrogen and oxygen atoms in total. The lowest BCUT2D eigenvalue weighted by Gasteiger charge is -2.18. The molecule has 1 atom stereocenters. The van der Waals surface area contributed by atoms with E-state index in [1.54, 1.807) is 29.1 Å². The minimum absolute atomic E-state index is 0.258. The number of imidazole rings is 1. The number of carbonyl (C=O) groups excluding carboxylic acids is 1. The van der Waals surface area contributed by atoms with Gasteiger partial charge in [0.2, 0.25) is 0 Å². The third-order valence-electron chi connectivity index (χ3n) is 4.66. The number of amides is 1. The molecule has 0 bridgehead atoms. The van der Waals surface area contributed by atoms with Crippen molar-refractivity contribution in [2.75, 3.05) is 0 Å². The maximum absolute atomic E-state index is 13.1. The topological polar surface area (TPSA) is 75.6 Å². The Morgan fingerprint density at radius 1 is 1.14 bits per heavy atom. The van der Waals surface area contributed by atoms with E-state index in [0.717, 1.165) is 23.3 Å². The molecule has 1 unspecified atom stereocenters. The van der Waals surface area contributed by atoms with Crippen LogP contribution in [-0.4, -0.2) is 25.7 Å². The Hall–Kier alpha value is -3.48. The average molecular weight is 391 g/mol. The Bertz CT molecular complexity index is 1100. The van der Waals surface area contributed by atoms with Crippen LogP contribution >= 0.6 is 0 Å². The van der Waals surface area contributed by atoms with Gasteiger partial charge in [0.25, 0.3) is 5.91 Å². The van der Waals surface area contributed by atoms with Crippen LogP contribution in [0.4, 0.5) is 4.39 Å². The number of carbonyl (C=O) groups is 1. The second kappa shape index (κ2) is 7.87. The first-order chi connectivity index (χ1) is 14.0. The van der Waals surface area contributed by atoms with E-state index >= 15 is 0 Å². The summed E-state index contributed by atoms with van der Waals surface area (Å²) in [7, 11) is 0. The van der Waals surface area contributed by atoms with E-state index < -0.39 is 0 Å². The highest BCUT2D eigenvalue weighted by Gasteiger charge is 2.21. The smallest absolute Gasteiger partial charge is 0.272 e. The van der Waals surface area contributed by atoms with Gasteiger partial charge in [-0.25, -0.2) is 14.1 Å². The van der Waals surface area contributed by atoms with Crippen molar-refractivity contribution in [2.24, 2.45) is 5.92 Å². The van der Waals surface area contributed by atoms with Crippen LogP contribution in [0.3, 0.4) is 0 Å². The van der Waals surface area contributed by atoms with E-state index in [4.69, 9.17) is 0 Å². The molecule has 4 aromatic rings. The predicted octanol–water partition coefficient (Wildman–Crippen LogP) is 4.40. The Kier molecular flexibility index (Phi) is 5.12. The number of fused-ring (bicyclic) bond motifs is 1. The maximum atomic E-state index is 13.1. The fourth-order valence-electron chi connectivity index (χ4n) is 3.26.